The molecule has 0 heterocycles. The zero-order valence-electron chi connectivity index (χ0n) is 10.6. The minimum atomic E-state index is -2.38. The van der Waals surface area contributed by atoms with Crippen molar-refractivity contribution in [1.29, 1.82) is 0 Å². The first-order valence-electron chi connectivity index (χ1n) is 5.95. The molecule has 0 bridgehead atoms. The molecule has 2 aromatic rings. The molecule has 2 aromatic carbocycles. The van der Waals surface area contributed by atoms with Gasteiger partial charge in [-0.1, -0.05) is 42.1 Å². The minimum Gasteiger partial charge on any atom is -0.326 e. The van der Waals surface area contributed by atoms with Crippen LogP contribution in [0.3, 0.4) is 0 Å². The fourth-order valence-electron chi connectivity index (χ4n) is 1.99. The number of nitrogens with two attached hydrogens (primary N) is 1. The van der Waals surface area contributed by atoms with Crippen LogP contribution in [0.25, 0.3) is 11.1 Å². The lowest BCUT2D eigenvalue weighted by molar-refractivity contribution is 0.252. The number of alkyl halides is 2. The second-order valence-electron chi connectivity index (χ2n) is 4.26. The number of aryl methyl sites for hydroxylation is 1. The Hall–Kier alpha value is -1.39. The summed E-state index contributed by atoms with van der Waals surface area (Å²) < 4.78 is 24.5. The third-order valence-electron chi connectivity index (χ3n) is 2.92. The Morgan fingerprint density at radius 2 is 1.79 bits per heavy atom. The van der Waals surface area contributed by atoms with Crippen LogP contribution < -0.4 is 5.73 Å². The Morgan fingerprint density at radius 3 is 2.32 bits per heavy atom. The highest BCUT2D eigenvalue weighted by molar-refractivity contribution is 7.99. The number of benzene rings is 2. The molecule has 1 nitrogen and oxygen atoms in total. The zero-order chi connectivity index (χ0) is 13.8. The van der Waals surface area contributed by atoms with Crippen molar-refractivity contribution in [3.8, 4) is 11.1 Å². The van der Waals surface area contributed by atoms with Crippen molar-refractivity contribution < 1.29 is 8.78 Å². The van der Waals surface area contributed by atoms with Gasteiger partial charge in [-0.25, -0.2) is 0 Å². The van der Waals surface area contributed by atoms with Gasteiger partial charge in [-0.3, -0.25) is 0 Å². The molecule has 0 radical (unpaired) electrons. The van der Waals surface area contributed by atoms with Gasteiger partial charge in [0, 0.05) is 11.4 Å². The van der Waals surface area contributed by atoms with Gasteiger partial charge in [-0.15, -0.1) is 0 Å². The fourth-order valence-corrected chi connectivity index (χ4v) is 2.49. The molecule has 0 saturated carbocycles. The van der Waals surface area contributed by atoms with E-state index < -0.39 is 5.76 Å². The van der Waals surface area contributed by atoms with Crippen molar-refractivity contribution in [3.05, 3.63) is 53.6 Å². The van der Waals surface area contributed by atoms with Crippen molar-refractivity contribution in [2.24, 2.45) is 5.73 Å². The Bertz CT molecular complexity index is 553. The van der Waals surface area contributed by atoms with E-state index in [1.54, 1.807) is 12.1 Å². The average molecular weight is 279 g/mol. The van der Waals surface area contributed by atoms with Crippen molar-refractivity contribution in [2.75, 3.05) is 0 Å². The second kappa shape index (κ2) is 6.17. The van der Waals surface area contributed by atoms with E-state index in [1.807, 2.05) is 31.2 Å². The van der Waals surface area contributed by atoms with Gasteiger partial charge in [-0.2, -0.15) is 8.78 Å². The summed E-state index contributed by atoms with van der Waals surface area (Å²) in [6.45, 7) is 2.54. The summed E-state index contributed by atoms with van der Waals surface area (Å²) in [6, 6.07) is 13.3. The summed E-state index contributed by atoms with van der Waals surface area (Å²) >= 11 is 0.563. The third kappa shape index (κ3) is 3.55. The molecular formula is C15H15F2NS. The molecule has 0 aliphatic carbocycles. The zero-order valence-corrected chi connectivity index (χ0v) is 11.4. The lowest BCUT2D eigenvalue weighted by Crippen LogP contribution is -1.97. The maximum absolute atomic E-state index is 12.2. The molecule has 0 saturated heterocycles. The van der Waals surface area contributed by atoms with E-state index in [2.05, 4.69) is 6.07 Å². The molecule has 19 heavy (non-hydrogen) atoms. The summed E-state index contributed by atoms with van der Waals surface area (Å²) in [4.78, 5) is 0.579. The van der Waals surface area contributed by atoms with Crippen LogP contribution in [0.5, 0.6) is 0 Å². The van der Waals surface area contributed by atoms with E-state index in [0.29, 0.717) is 23.2 Å². The molecule has 0 aliphatic rings. The van der Waals surface area contributed by atoms with Crippen molar-refractivity contribution in [2.45, 2.75) is 24.1 Å². The van der Waals surface area contributed by atoms with E-state index in [1.165, 1.54) is 0 Å². The lowest BCUT2D eigenvalue weighted by Gasteiger charge is -2.09. The van der Waals surface area contributed by atoms with E-state index in [4.69, 9.17) is 5.73 Å². The molecule has 0 atom stereocenters. The predicted molar refractivity (Wildman–Crippen MR) is 76.4 cm³/mol. The van der Waals surface area contributed by atoms with Crippen molar-refractivity contribution >= 4 is 11.8 Å². The van der Waals surface area contributed by atoms with Crippen LogP contribution in [0.15, 0.2) is 47.4 Å². The minimum absolute atomic E-state index is 0.519. The van der Waals surface area contributed by atoms with Crippen LogP contribution >= 0.6 is 11.8 Å². The molecular weight excluding hydrogens is 264 g/mol. The molecule has 4 heteroatoms. The largest absolute Gasteiger partial charge is 0.326 e. The number of hydrogen-bond acceptors (Lipinski definition) is 2. The first-order chi connectivity index (χ1) is 9.10. The molecule has 2 N–H and O–H groups in total. The predicted octanol–water partition coefficient (Wildman–Crippen LogP) is 4.44. The van der Waals surface area contributed by atoms with Gasteiger partial charge in [0.25, 0.3) is 5.76 Å². The maximum Gasteiger partial charge on any atom is 0.288 e. The molecule has 0 unspecified atom stereocenters. The van der Waals surface area contributed by atoms with Crippen LogP contribution in [0.2, 0.25) is 0 Å². The Kier molecular flexibility index (Phi) is 4.56. The highest BCUT2D eigenvalue weighted by Gasteiger charge is 2.06. The smallest absolute Gasteiger partial charge is 0.288 e. The van der Waals surface area contributed by atoms with Crippen LogP contribution in [0.4, 0.5) is 8.78 Å². The topological polar surface area (TPSA) is 26.0 Å². The van der Waals surface area contributed by atoms with Gasteiger partial charge in [0.05, 0.1) is 0 Å². The molecule has 100 valence electrons. The summed E-state index contributed by atoms with van der Waals surface area (Å²) in [7, 11) is 0. The van der Waals surface area contributed by atoms with Gasteiger partial charge in [0.2, 0.25) is 0 Å². The van der Waals surface area contributed by atoms with Gasteiger partial charge < -0.3 is 5.73 Å². The summed E-state index contributed by atoms with van der Waals surface area (Å²) in [5.74, 6) is -2.38. The van der Waals surface area contributed by atoms with Gasteiger partial charge in [0.1, 0.15) is 0 Å². The molecule has 2 rings (SSSR count). The van der Waals surface area contributed by atoms with Crippen molar-refractivity contribution in [3.63, 3.8) is 0 Å². The first-order valence-corrected chi connectivity index (χ1v) is 6.83. The average Bonchev–Trinajstić information content (AvgIpc) is 2.39. The Balaban J connectivity index is 2.27. The highest BCUT2D eigenvalue weighted by Crippen LogP contribution is 2.29. The van der Waals surface area contributed by atoms with Crippen LogP contribution in [-0.2, 0) is 6.54 Å². The van der Waals surface area contributed by atoms with Gasteiger partial charge in [-0.05, 0) is 41.3 Å². The molecule has 0 amide bonds. The van der Waals surface area contributed by atoms with E-state index in [-0.39, 0.29) is 0 Å². The second-order valence-corrected chi connectivity index (χ2v) is 5.32. The number of rotatable bonds is 4. The normalized spacial score (nSPS) is 11.0. The van der Waals surface area contributed by atoms with E-state index in [9.17, 15) is 8.78 Å². The quantitative estimate of drug-likeness (QED) is 0.838. The van der Waals surface area contributed by atoms with Gasteiger partial charge >= 0.3 is 0 Å². The monoisotopic (exact) mass is 279 g/mol. The fraction of sp³-hybridized carbons (Fsp3) is 0.200. The highest BCUT2D eigenvalue weighted by atomic mass is 32.2. The molecule has 0 fully saturated rings. The number of thioether (sulfide) groups is 1. The first kappa shape index (κ1) is 14.0. The third-order valence-corrected chi connectivity index (χ3v) is 3.64. The molecule has 0 spiro atoms. The maximum atomic E-state index is 12.2. The van der Waals surface area contributed by atoms with Crippen LogP contribution in [0.1, 0.15) is 11.1 Å². The lowest BCUT2D eigenvalue weighted by atomic mass is 9.98. The van der Waals surface area contributed by atoms with Crippen LogP contribution in [0, 0.1) is 6.92 Å². The Labute approximate surface area is 115 Å². The summed E-state index contributed by atoms with van der Waals surface area (Å²) in [6.07, 6.45) is 0. The Morgan fingerprint density at radius 1 is 1.11 bits per heavy atom. The summed E-state index contributed by atoms with van der Waals surface area (Å²) in [5, 5.41) is 0. The van der Waals surface area contributed by atoms with Crippen molar-refractivity contribution in [1.82, 2.24) is 0 Å². The van der Waals surface area contributed by atoms with Gasteiger partial charge in [0.15, 0.2) is 0 Å². The number of hydrogen-bond donors (Lipinski definition) is 1. The summed E-state index contributed by atoms with van der Waals surface area (Å²) in [5.41, 5.74) is 9.96. The standard InChI is InChI=1S/C15H15F2NS/c1-10-8-11(9-18)2-7-14(10)12-3-5-13(6-4-12)19-15(16)17/h2-8,15H,9,18H2,1H3. The van der Waals surface area contributed by atoms with E-state index in [0.717, 1.165) is 22.3 Å². The SMILES string of the molecule is Cc1cc(CN)ccc1-c1ccc(SC(F)F)cc1. The molecule has 0 aromatic heterocycles. The van der Waals surface area contributed by atoms with Crippen LogP contribution in [-0.4, -0.2) is 5.76 Å². The number of halogens is 2. The van der Waals surface area contributed by atoms with E-state index >= 15 is 0 Å². The molecule has 0 aliphatic heterocycles.